The summed E-state index contributed by atoms with van der Waals surface area (Å²) >= 11 is 0. The van der Waals surface area contributed by atoms with E-state index in [1.54, 1.807) is 7.11 Å². The van der Waals surface area contributed by atoms with Gasteiger partial charge in [0, 0.05) is 23.5 Å². The molecule has 0 radical (unpaired) electrons. The van der Waals surface area contributed by atoms with Crippen molar-refractivity contribution in [3.05, 3.63) is 28.8 Å². The molecule has 0 spiro atoms. The molecule has 0 aromatic heterocycles. The molecule has 23 heavy (non-hydrogen) atoms. The zero-order valence-corrected chi connectivity index (χ0v) is 15.1. The van der Waals surface area contributed by atoms with Gasteiger partial charge in [-0.3, -0.25) is 0 Å². The first-order chi connectivity index (χ1) is 10.7. The van der Waals surface area contributed by atoms with Crippen molar-refractivity contribution in [1.29, 1.82) is 0 Å². The molecular weight excluding hydrogens is 288 g/mol. The molecule has 3 heteroatoms. The zero-order chi connectivity index (χ0) is 17.3. The molecule has 0 saturated heterocycles. The van der Waals surface area contributed by atoms with Crippen molar-refractivity contribution in [2.24, 2.45) is 0 Å². The number of hydrogen-bond acceptors (Lipinski definition) is 3. The predicted molar refractivity (Wildman–Crippen MR) is 90.8 cm³/mol. The fourth-order valence-electron chi connectivity index (χ4n) is 3.78. The highest BCUT2D eigenvalue weighted by Gasteiger charge is 2.34. The van der Waals surface area contributed by atoms with Crippen LogP contribution in [0.25, 0.3) is 0 Å². The third-order valence-corrected chi connectivity index (χ3v) is 5.12. The largest absolute Gasteiger partial charge is 0.550 e. The van der Waals surface area contributed by atoms with Crippen LogP contribution < -0.4 is 9.84 Å². The second-order valence-electron chi connectivity index (χ2n) is 8.14. The summed E-state index contributed by atoms with van der Waals surface area (Å²) in [5, 5.41) is 11.1. The van der Waals surface area contributed by atoms with Crippen molar-refractivity contribution < 1.29 is 14.6 Å². The van der Waals surface area contributed by atoms with Crippen molar-refractivity contribution >= 4 is 5.97 Å². The van der Waals surface area contributed by atoms with Crippen molar-refractivity contribution in [2.45, 2.75) is 77.0 Å². The molecule has 1 fully saturated rings. The number of rotatable bonds is 4. The van der Waals surface area contributed by atoms with Gasteiger partial charge in [-0.15, -0.1) is 0 Å². The van der Waals surface area contributed by atoms with E-state index in [9.17, 15) is 9.90 Å². The second-order valence-corrected chi connectivity index (χ2v) is 8.14. The van der Waals surface area contributed by atoms with E-state index in [0.29, 0.717) is 0 Å². The summed E-state index contributed by atoms with van der Waals surface area (Å²) < 4.78 is 5.82. The average Bonchev–Trinajstić information content (AvgIpc) is 2.45. The predicted octanol–water partition coefficient (Wildman–Crippen LogP) is 3.51. The van der Waals surface area contributed by atoms with Crippen LogP contribution in [0.15, 0.2) is 12.1 Å². The van der Waals surface area contributed by atoms with Crippen LogP contribution in [-0.4, -0.2) is 13.1 Å². The molecule has 0 N–H and O–H groups in total. The molecule has 1 aliphatic carbocycles. The van der Waals surface area contributed by atoms with Gasteiger partial charge in [0.05, 0.1) is 7.11 Å². The number of benzene rings is 1. The standard InChI is InChI=1S/C20H30O3/c1-19(2,3)15-11-14(13-17(21)22)12-16(18(15)23-5)20(4)9-7-6-8-10-20/h11-12H,6-10,13H2,1-5H3,(H,21,22)/p-1. The van der Waals surface area contributed by atoms with Gasteiger partial charge < -0.3 is 14.6 Å². The molecule has 1 aliphatic rings. The van der Waals surface area contributed by atoms with Crippen LogP contribution in [0.4, 0.5) is 0 Å². The molecule has 1 saturated carbocycles. The summed E-state index contributed by atoms with van der Waals surface area (Å²) in [5.74, 6) is -0.0984. The zero-order valence-electron chi connectivity index (χ0n) is 15.1. The molecule has 1 aromatic carbocycles. The summed E-state index contributed by atoms with van der Waals surface area (Å²) in [4.78, 5) is 11.1. The maximum absolute atomic E-state index is 11.1. The monoisotopic (exact) mass is 317 g/mol. The number of ether oxygens (including phenoxy) is 1. The lowest BCUT2D eigenvalue weighted by molar-refractivity contribution is -0.304. The third-order valence-electron chi connectivity index (χ3n) is 5.12. The normalized spacial score (nSPS) is 17.8. The van der Waals surface area contributed by atoms with Crippen LogP contribution >= 0.6 is 0 Å². The van der Waals surface area contributed by atoms with Crippen molar-refractivity contribution in [2.75, 3.05) is 7.11 Å². The topological polar surface area (TPSA) is 49.4 Å². The van der Waals surface area contributed by atoms with Crippen LogP contribution in [0.5, 0.6) is 5.75 Å². The molecule has 2 rings (SSSR count). The Hall–Kier alpha value is -1.51. The highest BCUT2D eigenvalue weighted by molar-refractivity contribution is 5.69. The fourth-order valence-corrected chi connectivity index (χ4v) is 3.78. The van der Waals surface area contributed by atoms with Crippen LogP contribution in [-0.2, 0) is 22.0 Å². The van der Waals surface area contributed by atoms with E-state index < -0.39 is 5.97 Å². The Balaban J connectivity index is 2.64. The van der Waals surface area contributed by atoms with Crippen LogP contribution in [0.1, 0.15) is 76.5 Å². The quantitative estimate of drug-likeness (QED) is 0.854. The van der Waals surface area contributed by atoms with E-state index in [1.807, 2.05) is 12.1 Å². The summed E-state index contributed by atoms with van der Waals surface area (Å²) in [7, 11) is 1.72. The maximum Gasteiger partial charge on any atom is 0.126 e. The minimum Gasteiger partial charge on any atom is -0.550 e. The lowest BCUT2D eigenvalue weighted by Crippen LogP contribution is -2.29. The number of methoxy groups -OCH3 is 1. The van der Waals surface area contributed by atoms with Gasteiger partial charge in [-0.1, -0.05) is 59.1 Å². The van der Waals surface area contributed by atoms with Crippen LogP contribution in [0.3, 0.4) is 0 Å². The van der Waals surface area contributed by atoms with E-state index in [1.165, 1.54) is 24.8 Å². The van der Waals surface area contributed by atoms with Gasteiger partial charge in [-0.2, -0.15) is 0 Å². The van der Waals surface area contributed by atoms with E-state index in [2.05, 4.69) is 27.7 Å². The van der Waals surface area contributed by atoms with Crippen molar-refractivity contribution in [1.82, 2.24) is 0 Å². The van der Waals surface area contributed by atoms with Gasteiger partial charge in [0.1, 0.15) is 5.75 Å². The van der Waals surface area contributed by atoms with Crippen LogP contribution in [0, 0.1) is 0 Å². The Labute approximate surface area is 140 Å². The second kappa shape index (κ2) is 6.54. The number of aliphatic carboxylic acids is 1. The summed E-state index contributed by atoms with van der Waals surface area (Å²) in [6, 6.07) is 4.01. The molecular formula is C20H29O3-. The fraction of sp³-hybridized carbons (Fsp3) is 0.650. The van der Waals surface area contributed by atoms with E-state index in [-0.39, 0.29) is 17.3 Å². The number of carbonyl (C=O) groups is 1. The molecule has 0 unspecified atom stereocenters. The molecule has 3 nitrogen and oxygen atoms in total. The van der Waals surface area contributed by atoms with Gasteiger partial charge in [-0.25, -0.2) is 0 Å². The number of carboxylic acids is 1. The molecule has 0 bridgehead atoms. The maximum atomic E-state index is 11.1. The molecule has 1 aromatic rings. The lowest BCUT2D eigenvalue weighted by atomic mass is 9.68. The number of hydrogen-bond donors (Lipinski definition) is 0. The van der Waals surface area contributed by atoms with E-state index in [0.717, 1.165) is 29.7 Å². The Kier molecular flexibility index (Phi) is 5.07. The highest BCUT2D eigenvalue weighted by atomic mass is 16.5. The van der Waals surface area contributed by atoms with Gasteiger partial charge in [0.25, 0.3) is 0 Å². The van der Waals surface area contributed by atoms with Crippen molar-refractivity contribution in [3.63, 3.8) is 0 Å². The molecule has 0 aliphatic heterocycles. The molecule has 0 heterocycles. The first kappa shape index (κ1) is 17.8. The third kappa shape index (κ3) is 3.88. The summed E-state index contributed by atoms with van der Waals surface area (Å²) in [6.07, 6.45) is 5.92. The van der Waals surface area contributed by atoms with Gasteiger partial charge in [0.15, 0.2) is 0 Å². The van der Waals surface area contributed by atoms with Gasteiger partial charge in [-0.05, 0) is 29.2 Å². The minimum atomic E-state index is -1.03. The first-order valence-corrected chi connectivity index (χ1v) is 8.59. The molecule has 0 atom stereocenters. The van der Waals surface area contributed by atoms with Gasteiger partial charge >= 0.3 is 0 Å². The van der Waals surface area contributed by atoms with E-state index in [4.69, 9.17) is 4.74 Å². The average molecular weight is 317 g/mol. The Morgan fingerprint density at radius 1 is 1.22 bits per heavy atom. The highest BCUT2D eigenvalue weighted by Crippen LogP contribution is 2.46. The molecule has 0 amide bonds. The Bertz CT molecular complexity index is 575. The lowest BCUT2D eigenvalue weighted by Gasteiger charge is -2.37. The minimum absolute atomic E-state index is 0.0455. The number of carboxylic acid groups (broad SMARTS) is 1. The van der Waals surface area contributed by atoms with E-state index >= 15 is 0 Å². The van der Waals surface area contributed by atoms with Gasteiger partial charge in [0.2, 0.25) is 0 Å². The SMILES string of the molecule is COc1c(C(C)(C)C)cc(CC(=O)[O-])cc1C1(C)CCCCC1. The Morgan fingerprint density at radius 2 is 1.83 bits per heavy atom. The Morgan fingerprint density at radius 3 is 2.30 bits per heavy atom. The smallest absolute Gasteiger partial charge is 0.126 e. The van der Waals surface area contributed by atoms with Crippen molar-refractivity contribution in [3.8, 4) is 5.75 Å². The summed E-state index contributed by atoms with van der Waals surface area (Å²) in [5.41, 5.74) is 3.03. The number of carbonyl (C=O) groups excluding carboxylic acids is 1. The first-order valence-electron chi connectivity index (χ1n) is 8.59. The summed E-state index contributed by atoms with van der Waals surface area (Å²) in [6.45, 7) is 8.71. The van der Waals surface area contributed by atoms with Crippen LogP contribution in [0.2, 0.25) is 0 Å². The molecule has 128 valence electrons.